The number of amides is 1. The van der Waals surface area contributed by atoms with E-state index in [-0.39, 0.29) is 24.0 Å². The number of esters is 1. The summed E-state index contributed by atoms with van der Waals surface area (Å²) in [5, 5.41) is 11.9. The van der Waals surface area contributed by atoms with Gasteiger partial charge in [0, 0.05) is 5.56 Å². The highest BCUT2D eigenvalue weighted by Crippen LogP contribution is 2.16. The Morgan fingerprint density at radius 3 is 2.35 bits per heavy atom. The van der Waals surface area contributed by atoms with Gasteiger partial charge in [-0.05, 0) is 24.3 Å². The second kappa shape index (κ2) is 6.38. The lowest BCUT2D eigenvalue weighted by atomic mass is 10.2. The maximum Gasteiger partial charge on any atom is 0.343 e. The second-order valence-electron chi connectivity index (χ2n) is 3.97. The second-order valence-corrected chi connectivity index (χ2v) is 3.97. The number of aromatic hydroxyl groups is 1. The number of para-hydroxylation sites is 1. The first-order valence-electron chi connectivity index (χ1n) is 5.97. The van der Waals surface area contributed by atoms with Gasteiger partial charge in [0.2, 0.25) is 0 Å². The summed E-state index contributed by atoms with van der Waals surface area (Å²) in [6.45, 7) is -0.263. The van der Waals surface area contributed by atoms with Crippen molar-refractivity contribution < 1.29 is 19.4 Å². The molecule has 0 aliphatic heterocycles. The fourth-order valence-electron chi connectivity index (χ4n) is 1.58. The van der Waals surface area contributed by atoms with Crippen LogP contribution in [0.3, 0.4) is 0 Å². The molecule has 2 aromatic rings. The molecule has 0 aliphatic carbocycles. The molecule has 5 heteroatoms. The van der Waals surface area contributed by atoms with Gasteiger partial charge in [0.25, 0.3) is 5.91 Å². The Kier molecular flexibility index (Phi) is 4.34. The highest BCUT2D eigenvalue weighted by atomic mass is 16.5. The number of phenolic OH excluding ortho intramolecular Hbond substituents is 1. The fraction of sp³-hybridized carbons (Fsp3) is 0.0667. The molecule has 5 nitrogen and oxygen atoms in total. The smallest absolute Gasteiger partial charge is 0.343 e. The first-order valence-corrected chi connectivity index (χ1v) is 5.97. The van der Waals surface area contributed by atoms with Crippen LogP contribution in [-0.2, 0) is 4.74 Å². The van der Waals surface area contributed by atoms with Crippen molar-refractivity contribution in [3.8, 4) is 5.75 Å². The van der Waals surface area contributed by atoms with E-state index in [0.29, 0.717) is 5.56 Å². The maximum absolute atomic E-state index is 11.7. The third-order valence-electron chi connectivity index (χ3n) is 2.60. The monoisotopic (exact) mass is 271 g/mol. The van der Waals surface area contributed by atoms with E-state index in [9.17, 15) is 14.7 Å². The van der Waals surface area contributed by atoms with Crippen molar-refractivity contribution in [2.45, 2.75) is 0 Å². The Morgan fingerprint density at radius 2 is 1.65 bits per heavy atom. The van der Waals surface area contributed by atoms with Gasteiger partial charge >= 0.3 is 5.97 Å². The molecule has 0 radical (unpaired) electrons. The molecule has 0 saturated carbocycles. The van der Waals surface area contributed by atoms with Crippen LogP contribution in [0.5, 0.6) is 5.75 Å². The summed E-state index contributed by atoms with van der Waals surface area (Å²) in [7, 11) is 0. The van der Waals surface area contributed by atoms with Crippen LogP contribution in [0, 0.1) is 0 Å². The summed E-state index contributed by atoms with van der Waals surface area (Å²) in [6.07, 6.45) is 0. The molecule has 0 atom stereocenters. The average molecular weight is 271 g/mol. The van der Waals surface area contributed by atoms with E-state index >= 15 is 0 Å². The number of phenols is 1. The molecule has 2 N–H and O–H groups in total. The van der Waals surface area contributed by atoms with Crippen molar-refractivity contribution in [3.63, 3.8) is 0 Å². The standard InChI is InChI=1S/C15H13NO4/c17-13-9-5-4-8-12(13)15(19)20-10-16-14(18)11-6-2-1-3-7-11/h1-9,17H,10H2,(H,16,18). The third kappa shape index (κ3) is 3.35. The Morgan fingerprint density at radius 1 is 1.00 bits per heavy atom. The Bertz CT molecular complexity index is 610. The van der Waals surface area contributed by atoms with Crippen molar-refractivity contribution in [3.05, 3.63) is 65.7 Å². The minimum Gasteiger partial charge on any atom is -0.507 e. The van der Waals surface area contributed by atoms with Gasteiger partial charge in [0.05, 0.1) is 0 Å². The summed E-state index contributed by atoms with van der Waals surface area (Å²) in [4.78, 5) is 23.3. The minimum absolute atomic E-state index is 0.0569. The molecule has 0 bridgehead atoms. The number of rotatable bonds is 4. The minimum atomic E-state index is -0.698. The van der Waals surface area contributed by atoms with Crippen LogP contribution in [0.1, 0.15) is 20.7 Å². The van der Waals surface area contributed by atoms with E-state index in [1.54, 1.807) is 42.5 Å². The highest BCUT2D eigenvalue weighted by molar-refractivity contribution is 5.95. The molecule has 0 aliphatic rings. The van der Waals surface area contributed by atoms with Crippen LogP contribution in [0.25, 0.3) is 0 Å². The largest absolute Gasteiger partial charge is 0.507 e. The third-order valence-corrected chi connectivity index (χ3v) is 2.60. The summed E-state index contributed by atoms with van der Waals surface area (Å²) in [5.41, 5.74) is 0.535. The molecule has 2 aromatic carbocycles. The van der Waals surface area contributed by atoms with Gasteiger partial charge in [-0.25, -0.2) is 4.79 Å². The lowest BCUT2D eigenvalue weighted by Gasteiger charge is -2.07. The summed E-state index contributed by atoms with van der Waals surface area (Å²) >= 11 is 0. The first-order chi connectivity index (χ1) is 9.68. The van der Waals surface area contributed by atoms with Gasteiger partial charge in [-0.15, -0.1) is 0 Å². The molecule has 0 saturated heterocycles. The number of benzene rings is 2. The zero-order chi connectivity index (χ0) is 14.4. The van der Waals surface area contributed by atoms with Crippen molar-refractivity contribution in [1.29, 1.82) is 0 Å². The Labute approximate surface area is 115 Å². The highest BCUT2D eigenvalue weighted by Gasteiger charge is 2.12. The van der Waals surface area contributed by atoms with Crippen LogP contribution in [0.2, 0.25) is 0 Å². The lowest BCUT2D eigenvalue weighted by molar-refractivity contribution is 0.0461. The van der Waals surface area contributed by atoms with Crippen LogP contribution >= 0.6 is 0 Å². The van der Waals surface area contributed by atoms with Crippen molar-refractivity contribution in [2.75, 3.05) is 6.73 Å². The van der Waals surface area contributed by atoms with E-state index in [0.717, 1.165) is 0 Å². The van der Waals surface area contributed by atoms with Crippen LogP contribution in [-0.4, -0.2) is 23.7 Å². The topological polar surface area (TPSA) is 75.6 Å². The molecule has 1 amide bonds. The van der Waals surface area contributed by atoms with Crippen LogP contribution in [0.15, 0.2) is 54.6 Å². The average Bonchev–Trinajstić information content (AvgIpc) is 2.48. The van der Waals surface area contributed by atoms with Crippen LogP contribution in [0.4, 0.5) is 0 Å². The number of hydrogen-bond acceptors (Lipinski definition) is 4. The van der Waals surface area contributed by atoms with E-state index in [2.05, 4.69) is 5.32 Å². The summed E-state index contributed by atoms with van der Waals surface area (Å²) in [5.74, 6) is -1.20. The van der Waals surface area contributed by atoms with Crippen molar-refractivity contribution >= 4 is 11.9 Å². The van der Waals surface area contributed by atoms with Gasteiger partial charge in [0.1, 0.15) is 11.3 Å². The molecule has 2 rings (SSSR count). The van der Waals surface area contributed by atoms with Gasteiger partial charge in [-0.1, -0.05) is 30.3 Å². The Hall–Kier alpha value is -2.82. The number of ether oxygens (including phenoxy) is 1. The molecule has 0 spiro atoms. The van der Waals surface area contributed by atoms with Crippen molar-refractivity contribution in [1.82, 2.24) is 5.32 Å². The number of nitrogens with one attached hydrogen (secondary N) is 1. The van der Waals surface area contributed by atoms with Gasteiger partial charge in [0.15, 0.2) is 6.73 Å². The molecule has 0 fully saturated rings. The molecule has 20 heavy (non-hydrogen) atoms. The molecule has 0 heterocycles. The Balaban J connectivity index is 1.86. The summed E-state index contributed by atoms with van der Waals surface area (Å²) < 4.78 is 4.87. The quantitative estimate of drug-likeness (QED) is 0.658. The van der Waals surface area contributed by atoms with Gasteiger partial charge in [-0.2, -0.15) is 0 Å². The number of carbonyl (C=O) groups excluding carboxylic acids is 2. The molecule has 0 aromatic heterocycles. The number of hydrogen-bond donors (Lipinski definition) is 2. The predicted octanol–water partition coefficient (Wildman–Crippen LogP) is 1.94. The molecular formula is C15H13NO4. The predicted molar refractivity (Wildman–Crippen MR) is 72.3 cm³/mol. The molecular weight excluding hydrogens is 258 g/mol. The zero-order valence-electron chi connectivity index (χ0n) is 10.6. The summed E-state index contributed by atoms with van der Waals surface area (Å²) in [6, 6.07) is 14.6. The lowest BCUT2D eigenvalue weighted by Crippen LogP contribution is -2.27. The first kappa shape index (κ1) is 13.6. The van der Waals surface area contributed by atoms with Gasteiger partial charge in [-0.3, -0.25) is 4.79 Å². The van der Waals surface area contributed by atoms with E-state index in [1.807, 2.05) is 0 Å². The molecule has 0 unspecified atom stereocenters. The van der Waals surface area contributed by atoms with E-state index in [4.69, 9.17) is 4.74 Å². The van der Waals surface area contributed by atoms with E-state index < -0.39 is 5.97 Å². The van der Waals surface area contributed by atoms with Crippen molar-refractivity contribution in [2.24, 2.45) is 0 Å². The van der Waals surface area contributed by atoms with E-state index in [1.165, 1.54) is 12.1 Å². The van der Waals surface area contributed by atoms with Gasteiger partial charge < -0.3 is 15.2 Å². The fourth-order valence-corrected chi connectivity index (χ4v) is 1.58. The van der Waals surface area contributed by atoms with Crippen LogP contribution < -0.4 is 5.32 Å². The normalized spacial score (nSPS) is 9.80. The number of carbonyl (C=O) groups is 2. The zero-order valence-corrected chi connectivity index (χ0v) is 10.6. The maximum atomic E-state index is 11.7. The SMILES string of the molecule is O=C(NCOC(=O)c1ccccc1O)c1ccccc1. The molecule has 102 valence electrons.